The topological polar surface area (TPSA) is 78.4 Å². The summed E-state index contributed by atoms with van der Waals surface area (Å²) in [5, 5.41) is 16.7. The Balaban J connectivity index is 2.11. The number of thiophene rings is 1. The van der Waals surface area contributed by atoms with E-state index in [1.165, 1.54) is 11.3 Å². The summed E-state index contributed by atoms with van der Waals surface area (Å²) in [6.45, 7) is 4.04. The molecule has 0 fully saturated rings. The van der Waals surface area contributed by atoms with Crippen molar-refractivity contribution in [1.82, 2.24) is 10.6 Å². The molecule has 3 N–H and O–H groups in total. The summed E-state index contributed by atoms with van der Waals surface area (Å²) in [5.74, 6) is -0.147. The van der Waals surface area contributed by atoms with Crippen molar-refractivity contribution in [3.05, 3.63) is 22.4 Å². The molecular weight excluding hydrogens is 276 g/mol. The minimum Gasteiger partial charge on any atom is -0.393 e. The Labute approximate surface area is 123 Å². The van der Waals surface area contributed by atoms with E-state index in [9.17, 15) is 14.7 Å². The van der Waals surface area contributed by atoms with Gasteiger partial charge in [-0.05, 0) is 38.1 Å². The third-order valence-electron chi connectivity index (χ3n) is 2.71. The highest BCUT2D eigenvalue weighted by atomic mass is 32.1. The van der Waals surface area contributed by atoms with E-state index in [0.717, 1.165) is 0 Å². The summed E-state index contributed by atoms with van der Waals surface area (Å²) in [6.07, 6.45) is 1.09. The molecule has 0 spiro atoms. The smallest absolute Gasteiger partial charge is 0.261 e. The van der Waals surface area contributed by atoms with E-state index in [-0.39, 0.29) is 17.9 Å². The number of hydrogen-bond acceptors (Lipinski definition) is 4. The van der Waals surface area contributed by atoms with Gasteiger partial charge in [-0.25, -0.2) is 0 Å². The molecule has 112 valence electrons. The van der Waals surface area contributed by atoms with Crippen LogP contribution in [0.25, 0.3) is 0 Å². The Morgan fingerprint density at radius 2 is 2.15 bits per heavy atom. The van der Waals surface area contributed by atoms with Crippen LogP contribution in [-0.2, 0) is 4.79 Å². The van der Waals surface area contributed by atoms with Gasteiger partial charge in [-0.15, -0.1) is 11.3 Å². The van der Waals surface area contributed by atoms with Crippen molar-refractivity contribution in [1.29, 1.82) is 0 Å². The first kappa shape index (κ1) is 16.7. The molecule has 6 heteroatoms. The predicted octanol–water partition coefficient (Wildman–Crippen LogP) is 1.53. The number of aliphatic hydroxyl groups excluding tert-OH is 1. The molecule has 20 heavy (non-hydrogen) atoms. The predicted molar refractivity (Wildman–Crippen MR) is 79.8 cm³/mol. The van der Waals surface area contributed by atoms with Gasteiger partial charge < -0.3 is 15.7 Å². The number of carbonyl (C=O) groups is 2. The Kier molecular flexibility index (Phi) is 7.25. The first-order chi connectivity index (χ1) is 9.49. The third-order valence-corrected chi connectivity index (χ3v) is 3.58. The standard InChI is InChI=1S/C14H22N2O3S/c1-10(9-11(2)17)16-13(18)6-3-7-15-14(19)12-5-4-8-20-12/h4-5,8,10-11,17H,3,6-7,9H2,1-2H3,(H,15,19)(H,16,18). The number of hydrogen-bond donors (Lipinski definition) is 3. The molecule has 0 aliphatic carbocycles. The number of nitrogens with one attached hydrogen (secondary N) is 2. The lowest BCUT2D eigenvalue weighted by atomic mass is 10.1. The fraction of sp³-hybridized carbons (Fsp3) is 0.571. The Hall–Kier alpha value is -1.40. The van der Waals surface area contributed by atoms with Gasteiger partial charge in [0.05, 0.1) is 11.0 Å². The maximum Gasteiger partial charge on any atom is 0.261 e. The van der Waals surface area contributed by atoms with Crippen molar-refractivity contribution >= 4 is 23.2 Å². The fourth-order valence-corrected chi connectivity index (χ4v) is 2.50. The zero-order valence-corrected chi connectivity index (χ0v) is 12.7. The summed E-state index contributed by atoms with van der Waals surface area (Å²) in [6, 6.07) is 3.56. The summed E-state index contributed by atoms with van der Waals surface area (Å²) in [5.41, 5.74) is 0. The second kappa shape index (κ2) is 8.71. The molecule has 0 bridgehead atoms. The van der Waals surface area contributed by atoms with Crippen molar-refractivity contribution in [3.8, 4) is 0 Å². The van der Waals surface area contributed by atoms with Gasteiger partial charge in [0.2, 0.25) is 5.91 Å². The van der Waals surface area contributed by atoms with E-state index in [2.05, 4.69) is 10.6 Å². The molecule has 0 aliphatic heterocycles. The normalized spacial score (nSPS) is 13.6. The van der Waals surface area contributed by atoms with Gasteiger partial charge in [-0.3, -0.25) is 9.59 Å². The Bertz CT molecular complexity index is 418. The highest BCUT2D eigenvalue weighted by Crippen LogP contribution is 2.07. The van der Waals surface area contributed by atoms with Crippen molar-refractivity contribution in [2.75, 3.05) is 6.54 Å². The summed E-state index contributed by atoms with van der Waals surface area (Å²) in [4.78, 5) is 23.9. The molecule has 2 amide bonds. The molecule has 5 nitrogen and oxygen atoms in total. The van der Waals surface area contributed by atoms with Crippen LogP contribution in [0.3, 0.4) is 0 Å². The minimum atomic E-state index is -0.421. The minimum absolute atomic E-state index is 0.0387. The fourth-order valence-electron chi connectivity index (χ4n) is 1.86. The quantitative estimate of drug-likeness (QED) is 0.637. The van der Waals surface area contributed by atoms with Gasteiger partial charge in [0, 0.05) is 19.0 Å². The SMILES string of the molecule is CC(O)CC(C)NC(=O)CCCNC(=O)c1cccs1. The van der Waals surface area contributed by atoms with E-state index in [1.54, 1.807) is 13.0 Å². The zero-order valence-electron chi connectivity index (χ0n) is 11.9. The van der Waals surface area contributed by atoms with Crippen molar-refractivity contribution in [3.63, 3.8) is 0 Å². The van der Waals surface area contributed by atoms with Crippen LogP contribution < -0.4 is 10.6 Å². The van der Waals surface area contributed by atoms with Gasteiger partial charge in [0.1, 0.15) is 0 Å². The Morgan fingerprint density at radius 1 is 1.40 bits per heavy atom. The third kappa shape index (κ3) is 6.68. The van der Waals surface area contributed by atoms with Crippen molar-refractivity contribution < 1.29 is 14.7 Å². The molecule has 2 unspecified atom stereocenters. The second-order valence-corrected chi connectivity index (χ2v) is 5.84. The second-order valence-electron chi connectivity index (χ2n) is 4.89. The number of rotatable bonds is 8. The lowest BCUT2D eigenvalue weighted by Crippen LogP contribution is -2.35. The summed E-state index contributed by atoms with van der Waals surface area (Å²) < 4.78 is 0. The first-order valence-electron chi connectivity index (χ1n) is 6.78. The van der Waals surface area contributed by atoms with Crippen LogP contribution in [-0.4, -0.2) is 35.6 Å². The molecule has 1 heterocycles. The molecular formula is C14H22N2O3S. The van der Waals surface area contributed by atoms with Gasteiger partial charge in [0.25, 0.3) is 5.91 Å². The van der Waals surface area contributed by atoms with Crippen molar-refractivity contribution in [2.45, 2.75) is 45.3 Å². The van der Waals surface area contributed by atoms with E-state index in [0.29, 0.717) is 30.7 Å². The van der Waals surface area contributed by atoms with E-state index in [1.807, 2.05) is 18.4 Å². The average Bonchev–Trinajstić information content (AvgIpc) is 2.86. The molecule has 0 saturated carbocycles. The average molecular weight is 298 g/mol. The maximum atomic E-state index is 11.6. The van der Waals surface area contributed by atoms with Crippen LogP contribution in [0, 0.1) is 0 Å². The summed E-state index contributed by atoms with van der Waals surface area (Å²) >= 11 is 1.39. The molecule has 1 aromatic rings. The van der Waals surface area contributed by atoms with Gasteiger partial charge in [-0.1, -0.05) is 6.07 Å². The van der Waals surface area contributed by atoms with Gasteiger partial charge in [0.15, 0.2) is 0 Å². The summed E-state index contributed by atoms with van der Waals surface area (Å²) in [7, 11) is 0. The zero-order chi connectivity index (χ0) is 15.0. The monoisotopic (exact) mass is 298 g/mol. The molecule has 0 saturated heterocycles. The lowest BCUT2D eigenvalue weighted by Gasteiger charge is -2.15. The number of amides is 2. The lowest BCUT2D eigenvalue weighted by molar-refractivity contribution is -0.121. The largest absolute Gasteiger partial charge is 0.393 e. The molecule has 2 atom stereocenters. The van der Waals surface area contributed by atoms with Crippen LogP contribution in [0.4, 0.5) is 0 Å². The molecule has 0 radical (unpaired) electrons. The molecule has 1 aromatic heterocycles. The van der Waals surface area contributed by atoms with E-state index >= 15 is 0 Å². The first-order valence-corrected chi connectivity index (χ1v) is 7.66. The highest BCUT2D eigenvalue weighted by Gasteiger charge is 2.10. The molecule has 1 rings (SSSR count). The van der Waals surface area contributed by atoms with Crippen LogP contribution >= 0.6 is 11.3 Å². The molecule has 0 aliphatic rings. The molecule has 0 aromatic carbocycles. The Morgan fingerprint density at radius 3 is 2.75 bits per heavy atom. The number of aliphatic hydroxyl groups is 1. The van der Waals surface area contributed by atoms with Crippen LogP contribution in [0.1, 0.15) is 42.8 Å². The number of carbonyl (C=O) groups excluding carboxylic acids is 2. The van der Waals surface area contributed by atoms with Crippen molar-refractivity contribution in [2.24, 2.45) is 0 Å². The van der Waals surface area contributed by atoms with Crippen LogP contribution in [0.15, 0.2) is 17.5 Å². The maximum absolute atomic E-state index is 11.6. The van der Waals surface area contributed by atoms with Crippen LogP contribution in [0.2, 0.25) is 0 Å². The van der Waals surface area contributed by atoms with Gasteiger partial charge in [-0.2, -0.15) is 0 Å². The van der Waals surface area contributed by atoms with Gasteiger partial charge >= 0.3 is 0 Å². The highest BCUT2D eigenvalue weighted by molar-refractivity contribution is 7.12. The van der Waals surface area contributed by atoms with Crippen LogP contribution in [0.5, 0.6) is 0 Å². The van der Waals surface area contributed by atoms with E-state index in [4.69, 9.17) is 0 Å². The van der Waals surface area contributed by atoms with E-state index < -0.39 is 6.10 Å².